The van der Waals surface area contributed by atoms with Crippen LogP contribution in [0.4, 0.5) is 25.8 Å². The maximum Gasteiger partial charge on any atom is 0.678 e. The minimum absolute atomic E-state index is 0.0384. The fourth-order valence-electron chi connectivity index (χ4n) is 7.66. The summed E-state index contributed by atoms with van der Waals surface area (Å²) in [4.78, 5) is 67.3. The zero-order chi connectivity index (χ0) is 42.6. The average molecular weight is 850 g/mol. The molecule has 0 radical (unpaired) electrons. The highest BCUT2D eigenvalue weighted by Gasteiger charge is 2.32. The van der Waals surface area contributed by atoms with Crippen LogP contribution in [-0.4, -0.2) is 108 Å². The fourth-order valence-corrected chi connectivity index (χ4v) is 8.41. The summed E-state index contributed by atoms with van der Waals surface area (Å²) in [5.74, 6) is -0.0327. The summed E-state index contributed by atoms with van der Waals surface area (Å²) in [5, 5.41) is 10.7. The second-order valence-electron chi connectivity index (χ2n) is 15.2. The lowest BCUT2D eigenvalue weighted by Crippen LogP contribution is -2.49. The largest absolute Gasteiger partial charge is 0.678 e. The second kappa shape index (κ2) is 21.1. The molecule has 3 aromatic heterocycles. The monoisotopic (exact) mass is 849 g/mol. The normalized spacial score (nSPS) is 15.8. The highest BCUT2D eigenvalue weighted by molar-refractivity contribution is 7.13. The number of halogens is 2. The summed E-state index contributed by atoms with van der Waals surface area (Å²) >= 11 is 1.41. The molecule has 1 aromatic carbocycles. The Morgan fingerprint density at radius 2 is 1.61 bits per heavy atom. The first-order chi connectivity index (χ1) is 29.7. The third kappa shape index (κ3) is 11.5. The van der Waals surface area contributed by atoms with Gasteiger partial charge in [0.2, 0.25) is 17.7 Å². The number of piperazine rings is 1. The van der Waals surface area contributed by atoms with Gasteiger partial charge in [-0.2, -0.15) is 0 Å². The van der Waals surface area contributed by atoms with Crippen molar-refractivity contribution < 1.29 is 27.8 Å². The molecule has 13 nitrogen and oxygen atoms in total. The molecule has 7 rings (SSSR count). The Morgan fingerprint density at radius 3 is 2.39 bits per heavy atom. The van der Waals surface area contributed by atoms with Gasteiger partial charge in [-0.3, -0.25) is 42.6 Å². The number of pyridine rings is 1. The lowest BCUT2D eigenvalue weighted by molar-refractivity contribution is -0.122. The highest BCUT2D eigenvalue weighted by atomic mass is 32.1. The van der Waals surface area contributed by atoms with E-state index in [0.29, 0.717) is 65.8 Å². The molecule has 17 heteroatoms. The summed E-state index contributed by atoms with van der Waals surface area (Å²) in [7, 11) is -2.69. The van der Waals surface area contributed by atoms with Gasteiger partial charge in [0.25, 0.3) is 5.91 Å². The standard InChI is InChI=1S/C44H50BF2N9O4S/c46-45(47)56-34(18-19-38(56)39-13-9-29-61-39)30-33-16-15-32(51-33)17-20-41(58)49-21-5-1-2-14-40(57)48-22-6-7-24-53-25-27-54(28-26-53)31-42(59)55-37-12-4-3-10-35(37)44(60)52-36-11-8-23-50-43(36)55/h3-4,8-13,15-16,18-19,23,29-30H,1-2,5-7,14,17,20-22,24-28,31H2,(H,48,57)(H,49,58)(H,52,60)/b33-30-. The molecule has 0 unspecified atom stereocenters. The van der Waals surface area contributed by atoms with Crippen molar-refractivity contribution in [2.45, 2.75) is 51.4 Å². The van der Waals surface area contributed by atoms with E-state index in [-0.39, 0.29) is 36.6 Å². The van der Waals surface area contributed by atoms with Crippen LogP contribution in [0.15, 0.2) is 95.1 Å². The molecule has 4 aromatic rings. The molecule has 1 fully saturated rings. The van der Waals surface area contributed by atoms with Gasteiger partial charge in [-0.1, -0.05) is 24.6 Å². The van der Waals surface area contributed by atoms with Crippen molar-refractivity contribution in [3.8, 4) is 10.6 Å². The number of hydrogen-bond donors (Lipinski definition) is 3. The Kier molecular flexibility index (Phi) is 15.0. The van der Waals surface area contributed by atoms with E-state index in [0.717, 1.165) is 79.9 Å². The van der Waals surface area contributed by atoms with Gasteiger partial charge in [-0.15, -0.1) is 11.3 Å². The van der Waals surface area contributed by atoms with E-state index in [9.17, 15) is 27.8 Å². The lowest BCUT2D eigenvalue weighted by Gasteiger charge is -2.35. The predicted octanol–water partition coefficient (Wildman–Crippen LogP) is 6.64. The van der Waals surface area contributed by atoms with Gasteiger partial charge in [-0.05, 0) is 105 Å². The number of rotatable bonds is 19. The number of carbonyl (C=O) groups is 4. The maximum atomic E-state index is 13.9. The molecule has 318 valence electrons. The van der Waals surface area contributed by atoms with E-state index < -0.39 is 7.40 Å². The number of carbonyl (C=O) groups excluding carboxylic acids is 4. The van der Waals surface area contributed by atoms with Crippen molar-refractivity contribution in [3.05, 3.63) is 101 Å². The van der Waals surface area contributed by atoms with Gasteiger partial charge in [0.1, 0.15) is 0 Å². The van der Waals surface area contributed by atoms with Crippen LogP contribution >= 0.6 is 11.3 Å². The number of unbranched alkanes of at least 4 members (excludes halogenated alkanes) is 3. The number of thiophene rings is 1. The molecule has 3 aliphatic heterocycles. The van der Waals surface area contributed by atoms with Crippen LogP contribution in [-0.2, 0) is 14.4 Å². The lowest BCUT2D eigenvalue weighted by atomic mass is 10.1. The van der Waals surface area contributed by atoms with E-state index in [1.807, 2.05) is 29.7 Å². The van der Waals surface area contributed by atoms with Gasteiger partial charge >= 0.3 is 7.40 Å². The first-order valence-electron chi connectivity index (χ1n) is 20.9. The molecule has 6 heterocycles. The van der Waals surface area contributed by atoms with Crippen molar-refractivity contribution in [1.29, 1.82) is 0 Å². The summed E-state index contributed by atoms with van der Waals surface area (Å²) in [6, 6.07) is 17.6. The quantitative estimate of drug-likeness (QED) is 0.0710. The molecular formula is C44H50BF2N9O4S. The molecule has 0 spiro atoms. The number of nitrogens with one attached hydrogen (secondary N) is 3. The minimum Gasteiger partial charge on any atom is -0.356 e. The van der Waals surface area contributed by atoms with Gasteiger partial charge in [-0.25, -0.2) is 4.98 Å². The topological polar surface area (TPSA) is 144 Å². The first kappa shape index (κ1) is 43.3. The molecule has 1 saturated heterocycles. The van der Waals surface area contributed by atoms with Crippen LogP contribution in [0.2, 0.25) is 0 Å². The van der Waals surface area contributed by atoms with E-state index >= 15 is 0 Å². The van der Waals surface area contributed by atoms with Crippen LogP contribution in [0.3, 0.4) is 0 Å². The Bertz CT molecular complexity index is 2270. The SMILES string of the molecule is O=C(CCCCCNC(=O)CCC1=N/C(=C\c2ccc(-c3cccs3)n2B(F)F)C=C1)NCCCCN1CCN(CC(=O)N2c3ccccc3C(=O)Nc3cccnc32)CC1. The van der Waals surface area contributed by atoms with Crippen LogP contribution in [0.5, 0.6) is 0 Å². The number of fused-ring (bicyclic) bond motifs is 2. The number of hydrogen-bond acceptors (Lipinski definition) is 9. The number of anilines is 3. The Balaban J connectivity index is 0.711. The number of nitrogens with zero attached hydrogens (tertiary/aromatic N) is 6. The third-order valence-corrected chi connectivity index (χ3v) is 11.8. The van der Waals surface area contributed by atoms with Crippen molar-refractivity contribution in [1.82, 2.24) is 29.9 Å². The summed E-state index contributed by atoms with van der Waals surface area (Å²) < 4.78 is 28.8. The first-order valence-corrected chi connectivity index (χ1v) is 21.8. The number of aliphatic imine (C=N–C) groups is 1. The Morgan fingerprint density at radius 1 is 0.836 bits per heavy atom. The van der Waals surface area contributed by atoms with Crippen LogP contribution in [0, 0.1) is 0 Å². The molecule has 4 amide bonds. The summed E-state index contributed by atoms with van der Waals surface area (Å²) in [5.41, 5.74) is 3.57. The number of amides is 4. The fraction of sp³-hybridized carbons (Fsp3) is 0.364. The van der Waals surface area contributed by atoms with Gasteiger partial charge in [0.05, 0.1) is 34.9 Å². The van der Waals surface area contributed by atoms with Crippen LogP contribution < -0.4 is 20.9 Å². The number of benzene rings is 1. The van der Waals surface area contributed by atoms with Gasteiger partial charge in [0.15, 0.2) is 5.82 Å². The average Bonchev–Trinajstić information content (AvgIpc) is 4.04. The zero-order valence-electron chi connectivity index (χ0n) is 34.0. The number of para-hydroxylation sites is 1. The molecule has 3 N–H and O–H groups in total. The van der Waals surface area contributed by atoms with Crippen molar-refractivity contribution in [2.24, 2.45) is 4.99 Å². The van der Waals surface area contributed by atoms with E-state index in [1.165, 1.54) is 11.3 Å². The third-order valence-electron chi connectivity index (χ3n) is 10.9. The second-order valence-corrected chi connectivity index (χ2v) is 16.1. The summed E-state index contributed by atoms with van der Waals surface area (Å²) in [6.45, 7) is 5.50. The van der Waals surface area contributed by atoms with Gasteiger partial charge in [0, 0.05) is 74.6 Å². The number of allylic oxidation sites excluding steroid dienone is 2. The Labute approximate surface area is 358 Å². The maximum absolute atomic E-state index is 13.9. The van der Waals surface area contributed by atoms with Crippen molar-refractivity contribution in [2.75, 3.05) is 62.6 Å². The molecule has 0 atom stereocenters. The highest BCUT2D eigenvalue weighted by Crippen LogP contribution is 2.36. The van der Waals surface area contributed by atoms with E-state index in [1.54, 1.807) is 65.7 Å². The predicted molar refractivity (Wildman–Crippen MR) is 237 cm³/mol. The zero-order valence-corrected chi connectivity index (χ0v) is 34.8. The minimum atomic E-state index is -2.69. The molecule has 0 bridgehead atoms. The molecule has 0 aliphatic carbocycles. The smallest absolute Gasteiger partial charge is 0.356 e. The Hall–Kier alpha value is -5.78. The van der Waals surface area contributed by atoms with E-state index in [2.05, 4.69) is 35.7 Å². The summed E-state index contributed by atoms with van der Waals surface area (Å²) in [6.07, 6.45) is 12.2. The molecule has 3 aliphatic rings. The van der Waals surface area contributed by atoms with Crippen molar-refractivity contribution in [3.63, 3.8) is 0 Å². The van der Waals surface area contributed by atoms with Crippen LogP contribution in [0.25, 0.3) is 16.6 Å². The van der Waals surface area contributed by atoms with Gasteiger partial charge < -0.3 is 25.3 Å². The molecule has 0 saturated carbocycles. The van der Waals surface area contributed by atoms with Crippen molar-refractivity contribution >= 4 is 71.3 Å². The molecule has 61 heavy (non-hydrogen) atoms. The number of aromatic nitrogens is 2. The molecular weight excluding hydrogens is 799 g/mol. The van der Waals surface area contributed by atoms with Crippen LogP contribution in [0.1, 0.15) is 67.4 Å². The van der Waals surface area contributed by atoms with E-state index in [4.69, 9.17) is 0 Å².